The molecule has 0 aliphatic carbocycles. The number of hydrogen-bond donors (Lipinski definition) is 1. The van der Waals surface area contributed by atoms with E-state index >= 15 is 0 Å². The minimum Gasteiger partial charge on any atom is -0.311 e. The number of hydrogen-bond acceptors (Lipinski definition) is 3. The van der Waals surface area contributed by atoms with Crippen molar-refractivity contribution >= 4 is 0 Å². The fourth-order valence-electron chi connectivity index (χ4n) is 2.89. The number of aryl methyl sites for hydroxylation is 1. The van der Waals surface area contributed by atoms with Gasteiger partial charge in [0.15, 0.2) is 5.82 Å². The van der Waals surface area contributed by atoms with Gasteiger partial charge in [-0.3, -0.25) is 4.79 Å². The molecule has 1 atom stereocenters. The zero-order valence-corrected chi connectivity index (χ0v) is 14.2. The Labute approximate surface area is 147 Å². The smallest absolute Gasteiger partial charge is 0.311 e. The molecule has 0 bridgehead atoms. The summed E-state index contributed by atoms with van der Waals surface area (Å²) < 4.78 is 39.7. The Morgan fingerprint density at radius 2 is 1.88 bits per heavy atom. The van der Waals surface area contributed by atoms with Crippen LogP contribution in [0.3, 0.4) is 0 Å². The number of rotatable bonds is 4. The van der Waals surface area contributed by atoms with Crippen molar-refractivity contribution in [1.82, 2.24) is 19.7 Å². The van der Waals surface area contributed by atoms with Crippen LogP contribution in [0, 0.1) is 6.92 Å². The van der Waals surface area contributed by atoms with Crippen molar-refractivity contribution in [2.24, 2.45) is 0 Å². The van der Waals surface area contributed by atoms with Crippen molar-refractivity contribution in [3.63, 3.8) is 0 Å². The highest BCUT2D eigenvalue weighted by atomic mass is 19.4. The third-order valence-corrected chi connectivity index (χ3v) is 4.13. The van der Waals surface area contributed by atoms with Crippen LogP contribution in [0.5, 0.6) is 0 Å². The molecule has 26 heavy (non-hydrogen) atoms. The number of nitrogens with one attached hydrogen (secondary N) is 1. The Morgan fingerprint density at radius 1 is 1.19 bits per heavy atom. The maximum absolute atomic E-state index is 12.7. The van der Waals surface area contributed by atoms with E-state index in [9.17, 15) is 18.0 Å². The van der Waals surface area contributed by atoms with E-state index in [1.807, 2.05) is 6.92 Å². The molecule has 2 heterocycles. The van der Waals surface area contributed by atoms with Crippen molar-refractivity contribution in [2.45, 2.75) is 32.4 Å². The van der Waals surface area contributed by atoms with Gasteiger partial charge in [0.1, 0.15) is 5.82 Å². The lowest BCUT2D eigenvalue weighted by molar-refractivity contribution is -0.137. The van der Waals surface area contributed by atoms with Crippen LogP contribution in [-0.4, -0.2) is 19.7 Å². The topological polar surface area (TPSA) is 63.6 Å². The second-order valence-corrected chi connectivity index (χ2v) is 5.99. The molecule has 8 heteroatoms. The molecule has 0 aliphatic rings. The van der Waals surface area contributed by atoms with Crippen LogP contribution < -0.4 is 5.56 Å². The number of H-pyrrole nitrogens is 1. The van der Waals surface area contributed by atoms with Gasteiger partial charge >= 0.3 is 6.18 Å². The molecule has 3 aromatic rings. The molecule has 0 aliphatic heterocycles. The molecule has 0 fully saturated rings. The first kappa shape index (κ1) is 17.9. The fraction of sp³-hybridized carbons (Fsp3) is 0.278. The predicted molar refractivity (Wildman–Crippen MR) is 90.3 cm³/mol. The predicted octanol–water partition coefficient (Wildman–Crippen LogP) is 3.82. The highest BCUT2D eigenvalue weighted by molar-refractivity contribution is 5.34. The number of alkyl halides is 3. The number of nitrogens with zero attached hydrogens (tertiary/aromatic N) is 3. The van der Waals surface area contributed by atoms with Gasteiger partial charge < -0.3 is 4.98 Å². The fourth-order valence-corrected chi connectivity index (χ4v) is 2.89. The van der Waals surface area contributed by atoms with Gasteiger partial charge in [-0.25, -0.2) is 9.67 Å². The lowest BCUT2D eigenvalue weighted by Gasteiger charge is -2.15. The lowest BCUT2D eigenvalue weighted by Crippen LogP contribution is -2.12. The largest absolute Gasteiger partial charge is 0.416 e. The van der Waals surface area contributed by atoms with Crippen molar-refractivity contribution in [1.29, 1.82) is 0 Å². The minimum atomic E-state index is -4.35. The Balaban J connectivity index is 1.92. The van der Waals surface area contributed by atoms with E-state index in [0.29, 0.717) is 18.1 Å². The molecule has 1 unspecified atom stereocenters. The van der Waals surface area contributed by atoms with Crippen LogP contribution in [-0.2, 0) is 6.18 Å². The van der Waals surface area contributed by atoms with Gasteiger partial charge in [-0.15, -0.1) is 0 Å². The van der Waals surface area contributed by atoms with Crippen LogP contribution in [0.15, 0.2) is 47.5 Å². The highest BCUT2D eigenvalue weighted by Gasteiger charge is 2.30. The van der Waals surface area contributed by atoms with Crippen molar-refractivity contribution < 1.29 is 13.2 Å². The molecule has 0 saturated carbocycles. The van der Waals surface area contributed by atoms with Gasteiger partial charge in [-0.2, -0.15) is 18.3 Å². The normalized spacial score (nSPS) is 13.0. The van der Waals surface area contributed by atoms with E-state index in [2.05, 4.69) is 15.1 Å². The average molecular weight is 362 g/mol. The highest BCUT2D eigenvalue weighted by Crippen LogP contribution is 2.32. The van der Waals surface area contributed by atoms with Gasteiger partial charge in [0, 0.05) is 18.2 Å². The summed E-state index contributed by atoms with van der Waals surface area (Å²) in [6.07, 6.45) is -0.273. The first-order chi connectivity index (χ1) is 12.3. The van der Waals surface area contributed by atoms with Gasteiger partial charge in [0.05, 0.1) is 11.8 Å². The lowest BCUT2D eigenvalue weighted by atomic mass is 9.90. The third kappa shape index (κ3) is 3.68. The molecule has 5 nitrogen and oxygen atoms in total. The summed E-state index contributed by atoms with van der Waals surface area (Å²) in [6, 6.07) is 6.49. The number of benzene rings is 1. The maximum Gasteiger partial charge on any atom is 0.416 e. The molecule has 2 aromatic heterocycles. The summed E-state index contributed by atoms with van der Waals surface area (Å²) in [6.45, 7) is 3.63. The zero-order chi connectivity index (χ0) is 18.9. The first-order valence-electron chi connectivity index (χ1n) is 8.08. The molecule has 0 saturated heterocycles. The second kappa shape index (κ2) is 6.78. The van der Waals surface area contributed by atoms with E-state index in [1.54, 1.807) is 19.3 Å². The average Bonchev–Trinajstić information content (AvgIpc) is 3.04. The second-order valence-electron chi connectivity index (χ2n) is 5.99. The molecule has 1 aromatic carbocycles. The van der Waals surface area contributed by atoms with Gasteiger partial charge in [-0.1, -0.05) is 19.1 Å². The van der Waals surface area contributed by atoms with Crippen LogP contribution in [0.25, 0.3) is 5.82 Å². The molecule has 0 amide bonds. The Kier molecular flexibility index (Phi) is 4.67. The van der Waals surface area contributed by atoms with Gasteiger partial charge in [0.2, 0.25) is 0 Å². The van der Waals surface area contributed by atoms with Crippen LogP contribution >= 0.6 is 0 Å². The summed E-state index contributed by atoms with van der Waals surface area (Å²) in [5.41, 5.74) is 0.663. The summed E-state index contributed by atoms with van der Waals surface area (Å²) in [4.78, 5) is 18.4. The molecule has 3 rings (SSSR count). The summed E-state index contributed by atoms with van der Waals surface area (Å²) >= 11 is 0. The molecular formula is C18H17F3N4O. The Morgan fingerprint density at radius 3 is 2.46 bits per heavy atom. The quantitative estimate of drug-likeness (QED) is 0.767. The van der Waals surface area contributed by atoms with Gasteiger partial charge in [0.25, 0.3) is 5.56 Å². The third-order valence-electron chi connectivity index (χ3n) is 4.13. The number of aromatic amines is 1. The maximum atomic E-state index is 12.7. The van der Waals surface area contributed by atoms with Crippen LogP contribution in [0.2, 0.25) is 0 Å². The SMILES string of the molecule is CCC(c1ccc(C(F)(F)F)cc1)c1cnn(-c2cc(=O)[nH]c(C)n2)c1. The number of halogens is 3. The van der Waals surface area contributed by atoms with E-state index in [0.717, 1.165) is 23.3 Å². The van der Waals surface area contributed by atoms with Crippen LogP contribution in [0.1, 0.15) is 41.8 Å². The molecule has 0 spiro atoms. The van der Waals surface area contributed by atoms with Crippen molar-refractivity contribution in [3.05, 3.63) is 75.6 Å². The van der Waals surface area contributed by atoms with Crippen molar-refractivity contribution in [3.8, 4) is 5.82 Å². The Hall–Kier alpha value is -2.90. The Bertz CT molecular complexity index is 958. The van der Waals surface area contributed by atoms with E-state index < -0.39 is 11.7 Å². The molecular weight excluding hydrogens is 345 g/mol. The van der Waals surface area contributed by atoms with Gasteiger partial charge in [-0.05, 0) is 36.6 Å². The molecule has 1 N–H and O–H groups in total. The summed E-state index contributed by atoms with van der Waals surface area (Å²) in [7, 11) is 0. The molecule has 0 radical (unpaired) electrons. The molecule has 136 valence electrons. The van der Waals surface area contributed by atoms with E-state index in [1.165, 1.54) is 22.9 Å². The first-order valence-corrected chi connectivity index (χ1v) is 8.08. The summed E-state index contributed by atoms with van der Waals surface area (Å²) in [5.74, 6) is 0.758. The number of aromatic nitrogens is 4. The van der Waals surface area contributed by atoms with Crippen LogP contribution in [0.4, 0.5) is 13.2 Å². The summed E-state index contributed by atoms with van der Waals surface area (Å²) in [5, 5.41) is 4.24. The monoisotopic (exact) mass is 362 g/mol. The van der Waals surface area contributed by atoms with Crippen molar-refractivity contribution in [2.75, 3.05) is 0 Å². The van der Waals surface area contributed by atoms with E-state index in [-0.39, 0.29) is 11.5 Å². The zero-order valence-electron chi connectivity index (χ0n) is 14.2. The standard InChI is InChI=1S/C18H17F3N4O/c1-3-15(12-4-6-14(7-5-12)18(19,20)21)13-9-22-25(10-13)16-8-17(26)24-11(2)23-16/h4-10,15H,3H2,1-2H3,(H,23,24,26). The minimum absolute atomic E-state index is 0.103. The van der Waals surface area contributed by atoms with E-state index in [4.69, 9.17) is 0 Å².